The zero-order valence-electron chi connectivity index (χ0n) is 7.71. The van der Waals surface area contributed by atoms with Gasteiger partial charge >= 0.3 is 6.01 Å². The van der Waals surface area contributed by atoms with E-state index in [1.807, 2.05) is 7.05 Å². The summed E-state index contributed by atoms with van der Waals surface area (Å²) in [6.07, 6.45) is 3.46. The van der Waals surface area contributed by atoms with E-state index in [9.17, 15) is 0 Å². The van der Waals surface area contributed by atoms with Crippen molar-refractivity contribution in [2.45, 2.75) is 0 Å². The summed E-state index contributed by atoms with van der Waals surface area (Å²) in [5, 5.41) is 9.06. The lowest BCUT2D eigenvalue weighted by Gasteiger charge is -2.04. The first kappa shape index (κ1) is 8.62. The predicted octanol–water partition coefficient (Wildman–Crippen LogP) is 1.92. The molecule has 4 nitrogen and oxygen atoms in total. The second-order valence-corrected chi connectivity index (χ2v) is 2.92. The summed E-state index contributed by atoms with van der Waals surface area (Å²) in [5.41, 5.74) is 0. The molecule has 0 aliphatic heterocycles. The molecule has 0 atom stereocenters. The van der Waals surface area contributed by atoms with Crippen molar-refractivity contribution in [2.75, 3.05) is 0 Å². The molecule has 0 amide bonds. The first-order chi connectivity index (χ1) is 6.75. The van der Waals surface area contributed by atoms with E-state index in [1.165, 1.54) is 0 Å². The van der Waals surface area contributed by atoms with Crippen LogP contribution in [-0.4, -0.2) is 14.7 Å². The normalized spacial score (nSPS) is 10.1. The number of nitrogens with zero attached hydrogens (tertiary/aromatic N) is 2. The molecule has 0 spiro atoms. The minimum absolute atomic E-state index is 0.220. The van der Waals surface area contributed by atoms with Crippen LogP contribution in [0.2, 0.25) is 0 Å². The average Bonchev–Trinajstić information content (AvgIpc) is 2.56. The van der Waals surface area contributed by atoms with Gasteiger partial charge in [-0.05, 0) is 24.3 Å². The lowest BCUT2D eigenvalue weighted by atomic mass is 10.3. The maximum absolute atomic E-state index is 9.06. The predicted molar refractivity (Wildman–Crippen MR) is 51.4 cm³/mol. The summed E-state index contributed by atoms with van der Waals surface area (Å²) in [6.45, 7) is 0. The van der Waals surface area contributed by atoms with E-state index >= 15 is 0 Å². The van der Waals surface area contributed by atoms with Gasteiger partial charge < -0.3 is 14.4 Å². The van der Waals surface area contributed by atoms with E-state index in [0.29, 0.717) is 11.8 Å². The number of hydrogen-bond acceptors (Lipinski definition) is 3. The molecule has 0 saturated heterocycles. The van der Waals surface area contributed by atoms with Gasteiger partial charge in [-0.3, -0.25) is 0 Å². The molecule has 0 aliphatic carbocycles. The molecule has 0 aliphatic rings. The van der Waals surface area contributed by atoms with E-state index in [2.05, 4.69) is 4.98 Å². The standard InChI is InChI=1S/C10H10N2O2/c1-12-7-6-11-10(12)14-9-4-2-8(13)3-5-9/h2-7,13H,1H3. The summed E-state index contributed by atoms with van der Waals surface area (Å²) in [6, 6.07) is 7.03. The van der Waals surface area contributed by atoms with E-state index in [4.69, 9.17) is 9.84 Å². The van der Waals surface area contributed by atoms with Crippen molar-refractivity contribution in [2.24, 2.45) is 7.05 Å². The molecule has 0 bridgehead atoms. The minimum Gasteiger partial charge on any atom is -0.508 e. The molecule has 1 N–H and O–H groups in total. The largest absolute Gasteiger partial charge is 0.508 e. The summed E-state index contributed by atoms with van der Waals surface area (Å²) < 4.78 is 7.22. The highest BCUT2D eigenvalue weighted by atomic mass is 16.5. The number of benzene rings is 1. The molecular formula is C10H10N2O2. The number of imidazole rings is 1. The number of aromatic nitrogens is 2. The van der Waals surface area contributed by atoms with Crippen molar-refractivity contribution >= 4 is 0 Å². The molecule has 2 aromatic rings. The highest BCUT2D eigenvalue weighted by Gasteiger charge is 2.01. The zero-order chi connectivity index (χ0) is 9.97. The molecule has 0 saturated carbocycles. The van der Waals surface area contributed by atoms with Crippen LogP contribution in [0, 0.1) is 0 Å². The summed E-state index contributed by atoms with van der Waals surface area (Å²) >= 11 is 0. The lowest BCUT2D eigenvalue weighted by molar-refractivity contribution is 0.422. The van der Waals surface area contributed by atoms with Crippen LogP contribution in [0.25, 0.3) is 0 Å². The molecule has 72 valence electrons. The van der Waals surface area contributed by atoms with Crippen molar-refractivity contribution in [1.29, 1.82) is 0 Å². The van der Waals surface area contributed by atoms with Gasteiger partial charge in [-0.15, -0.1) is 0 Å². The fourth-order valence-corrected chi connectivity index (χ4v) is 1.07. The zero-order valence-corrected chi connectivity index (χ0v) is 7.71. The minimum atomic E-state index is 0.220. The van der Waals surface area contributed by atoms with Crippen LogP contribution in [0.15, 0.2) is 36.7 Å². The summed E-state index contributed by atoms with van der Waals surface area (Å²) in [7, 11) is 1.85. The Kier molecular flexibility index (Phi) is 2.10. The van der Waals surface area contributed by atoms with Gasteiger partial charge in [-0.25, -0.2) is 4.98 Å². The van der Waals surface area contributed by atoms with Crippen LogP contribution >= 0.6 is 0 Å². The lowest BCUT2D eigenvalue weighted by Crippen LogP contribution is -1.92. The number of phenolic OH excluding ortho intramolecular Hbond substituents is 1. The van der Waals surface area contributed by atoms with Gasteiger partial charge in [0.2, 0.25) is 0 Å². The molecular weight excluding hydrogens is 180 g/mol. The van der Waals surface area contributed by atoms with Crippen LogP contribution in [0.4, 0.5) is 0 Å². The SMILES string of the molecule is Cn1ccnc1Oc1ccc(O)cc1. The Morgan fingerprint density at radius 2 is 2.00 bits per heavy atom. The van der Waals surface area contributed by atoms with E-state index < -0.39 is 0 Å². The van der Waals surface area contributed by atoms with Gasteiger partial charge in [0.1, 0.15) is 11.5 Å². The molecule has 0 fully saturated rings. The van der Waals surface area contributed by atoms with Gasteiger partial charge in [-0.2, -0.15) is 0 Å². The highest BCUT2D eigenvalue weighted by molar-refractivity contribution is 5.31. The van der Waals surface area contributed by atoms with Crippen molar-refractivity contribution < 1.29 is 9.84 Å². The Balaban J connectivity index is 2.19. The highest BCUT2D eigenvalue weighted by Crippen LogP contribution is 2.21. The van der Waals surface area contributed by atoms with E-state index in [1.54, 1.807) is 41.2 Å². The molecule has 0 unspecified atom stereocenters. The topological polar surface area (TPSA) is 47.3 Å². The number of aromatic hydroxyl groups is 1. The van der Waals surface area contributed by atoms with Gasteiger partial charge in [0.25, 0.3) is 0 Å². The molecule has 14 heavy (non-hydrogen) atoms. The molecule has 2 rings (SSSR count). The second-order valence-electron chi connectivity index (χ2n) is 2.92. The Morgan fingerprint density at radius 1 is 1.29 bits per heavy atom. The number of aryl methyl sites for hydroxylation is 1. The molecule has 1 heterocycles. The summed E-state index contributed by atoms with van der Waals surface area (Å²) in [4.78, 5) is 4.01. The number of hydrogen-bond donors (Lipinski definition) is 1. The fraction of sp³-hybridized carbons (Fsp3) is 0.100. The Labute approximate surface area is 81.4 Å². The van der Waals surface area contributed by atoms with Crippen molar-refractivity contribution in [3.8, 4) is 17.5 Å². The second kappa shape index (κ2) is 3.41. The van der Waals surface area contributed by atoms with Crippen LogP contribution in [0.5, 0.6) is 17.5 Å². The van der Waals surface area contributed by atoms with Crippen LogP contribution in [-0.2, 0) is 7.05 Å². The average molecular weight is 190 g/mol. The van der Waals surface area contributed by atoms with Crippen molar-refractivity contribution in [1.82, 2.24) is 9.55 Å². The van der Waals surface area contributed by atoms with Crippen LogP contribution < -0.4 is 4.74 Å². The van der Waals surface area contributed by atoms with E-state index in [0.717, 1.165) is 0 Å². The first-order valence-electron chi connectivity index (χ1n) is 4.20. The van der Waals surface area contributed by atoms with Gasteiger partial charge in [0.15, 0.2) is 0 Å². The molecule has 1 aromatic heterocycles. The quantitative estimate of drug-likeness (QED) is 0.786. The van der Waals surface area contributed by atoms with Crippen molar-refractivity contribution in [3.63, 3.8) is 0 Å². The molecule has 4 heteroatoms. The molecule has 0 radical (unpaired) electrons. The first-order valence-corrected chi connectivity index (χ1v) is 4.20. The third kappa shape index (κ3) is 1.69. The van der Waals surface area contributed by atoms with Gasteiger partial charge in [0, 0.05) is 19.4 Å². The third-order valence-corrected chi connectivity index (χ3v) is 1.82. The van der Waals surface area contributed by atoms with Crippen LogP contribution in [0.3, 0.4) is 0 Å². The maximum atomic E-state index is 9.06. The Morgan fingerprint density at radius 3 is 2.57 bits per heavy atom. The number of phenols is 1. The Hall–Kier alpha value is -1.97. The van der Waals surface area contributed by atoms with E-state index in [-0.39, 0.29) is 5.75 Å². The Bertz CT molecular complexity index is 420. The smallest absolute Gasteiger partial charge is 0.301 e. The maximum Gasteiger partial charge on any atom is 0.301 e. The van der Waals surface area contributed by atoms with Gasteiger partial charge in [-0.1, -0.05) is 0 Å². The van der Waals surface area contributed by atoms with Crippen molar-refractivity contribution in [3.05, 3.63) is 36.7 Å². The fourth-order valence-electron chi connectivity index (χ4n) is 1.07. The summed E-state index contributed by atoms with van der Waals surface area (Å²) in [5.74, 6) is 0.870. The number of ether oxygens (including phenoxy) is 1. The molecule has 1 aromatic carbocycles. The third-order valence-electron chi connectivity index (χ3n) is 1.82. The monoisotopic (exact) mass is 190 g/mol. The van der Waals surface area contributed by atoms with Gasteiger partial charge in [0.05, 0.1) is 0 Å². The number of rotatable bonds is 2. The van der Waals surface area contributed by atoms with Crippen LogP contribution in [0.1, 0.15) is 0 Å².